The summed E-state index contributed by atoms with van der Waals surface area (Å²) >= 11 is 0. The molecule has 0 fully saturated rings. The molecule has 1 atom stereocenters. The molecule has 3 heteroatoms. The highest BCUT2D eigenvalue weighted by molar-refractivity contribution is 6.23. The number of carbonyl (C=O) groups excluding carboxylic acids is 2. The SMILES string of the molecule is Cc1cccc([C@@H]2C3=C(CC(C)(C)CC3=O)NC3=C2C(=O)c2ccccc23)c1. The predicted molar refractivity (Wildman–Crippen MR) is 110 cm³/mol. The molecule has 1 heterocycles. The van der Waals surface area contributed by atoms with E-state index in [9.17, 15) is 9.59 Å². The van der Waals surface area contributed by atoms with E-state index in [0.29, 0.717) is 6.42 Å². The molecule has 2 aliphatic carbocycles. The van der Waals surface area contributed by atoms with E-state index in [-0.39, 0.29) is 22.9 Å². The number of allylic oxidation sites excluding steroid dienone is 3. The van der Waals surface area contributed by atoms with Gasteiger partial charge in [0.1, 0.15) is 0 Å². The van der Waals surface area contributed by atoms with Gasteiger partial charge in [-0.25, -0.2) is 0 Å². The summed E-state index contributed by atoms with van der Waals surface area (Å²) in [7, 11) is 0. The molecule has 0 bridgehead atoms. The number of ketones is 2. The smallest absolute Gasteiger partial charge is 0.192 e. The van der Waals surface area contributed by atoms with Crippen molar-refractivity contribution in [3.63, 3.8) is 0 Å². The maximum Gasteiger partial charge on any atom is 0.192 e. The van der Waals surface area contributed by atoms with Crippen LogP contribution in [0.1, 0.15) is 59.7 Å². The topological polar surface area (TPSA) is 46.2 Å². The third kappa shape index (κ3) is 2.42. The number of Topliss-reactive ketones (excluding diaryl/α,β-unsaturated/α-hetero) is 2. The van der Waals surface area contributed by atoms with Crippen LogP contribution in [0.4, 0.5) is 0 Å². The summed E-state index contributed by atoms with van der Waals surface area (Å²) in [5.41, 5.74) is 7.12. The molecule has 1 N–H and O–H groups in total. The van der Waals surface area contributed by atoms with Gasteiger partial charge in [-0.2, -0.15) is 0 Å². The van der Waals surface area contributed by atoms with Crippen molar-refractivity contribution in [1.82, 2.24) is 5.32 Å². The van der Waals surface area contributed by atoms with Gasteiger partial charge >= 0.3 is 0 Å². The molecule has 140 valence electrons. The molecule has 0 spiro atoms. The van der Waals surface area contributed by atoms with E-state index in [0.717, 1.165) is 51.2 Å². The van der Waals surface area contributed by atoms with Crippen molar-refractivity contribution < 1.29 is 9.59 Å². The predicted octanol–water partition coefficient (Wildman–Crippen LogP) is 4.93. The Balaban J connectivity index is 1.76. The van der Waals surface area contributed by atoms with Gasteiger partial charge in [-0.05, 0) is 24.3 Å². The summed E-state index contributed by atoms with van der Waals surface area (Å²) in [6.45, 7) is 6.32. The number of benzene rings is 2. The lowest BCUT2D eigenvalue weighted by molar-refractivity contribution is -0.118. The second kappa shape index (κ2) is 5.78. The lowest BCUT2D eigenvalue weighted by Crippen LogP contribution is -2.37. The summed E-state index contributed by atoms with van der Waals surface area (Å²) in [6.07, 6.45) is 1.32. The third-order valence-corrected chi connectivity index (χ3v) is 6.10. The summed E-state index contributed by atoms with van der Waals surface area (Å²) in [5, 5.41) is 3.52. The highest BCUT2D eigenvalue weighted by atomic mass is 16.1. The molecule has 0 radical (unpaired) electrons. The minimum absolute atomic E-state index is 0.0359. The van der Waals surface area contributed by atoms with Gasteiger partial charge < -0.3 is 5.32 Å². The molecule has 3 nitrogen and oxygen atoms in total. The van der Waals surface area contributed by atoms with Crippen LogP contribution in [0.3, 0.4) is 0 Å². The molecule has 28 heavy (non-hydrogen) atoms. The summed E-state index contributed by atoms with van der Waals surface area (Å²) < 4.78 is 0. The molecule has 0 amide bonds. The second-order valence-electron chi connectivity index (χ2n) is 8.97. The number of hydrogen-bond donors (Lipinski definition) is 1. The van der Waals surface area contributed by atoms with E-state index >= 15 is 0 Å². The van der Waals surface area contributed by atoms with E-state index in [1.165, 1.54) is 0 Å². The van der Waals surface area contributed by atoms with E-state index in [4.69, 9.17) is 0 Å². The van der Waals surface area contributed by atoms with Crippen molar-refractivity contribution >= 4 is 17.3 Å². The lowest BCUT2D eigenvalue weighted by atomic mass is 9.68. The number of dihydropyridines is 1. The Bertz CT molecular complexity index is 1120. The molecular formula is C25H23NO2. The van der Waals surface area contributed by atoms with Crippen LogP contribution in [0.5, 0.6) is 0 Å². The van der Waals surface area contributed by atoms with Crippen LogP contribution < -0.4 is 5.32 Å². The van der Waals surface area contributed by atoms with E-state index < -0.39 is 0 Å². The monoisotopic (exact) mass is 369 g/mol. The molecular weight excluding hydrogens is 346 g/mol. The van der Waals surface area contributed by atoms with Crippen LogP contribution in [-0.4, -0.2) is 11.6 Å². The molecule has 5 rings (SSSR count). The van der Waals surface area contributed by atoms with Crippen molar-refractivity contribution in [2.24, 2.45) is 5.41 Å². The Morgan fingerprint density at radius 3 is 2.43 bits per heavy atom. The number of rotatable bonds is 1. The first-order chi connectivity index (χ1) is 13.4. The van der Waals surface area contributed by atoms with Crippen molar-refractivity contribution in [3.05, 3.63) is 87.6 Å². The van der Waals surface area contributed by atoms with Gasteiger partial charge in [-0.15, -0.1) is 0 Å². The Hall–Kier alpha value is -2.94. The molecule has 2 aromatic rings. The van der Waals surface area contributed by atoms with Crippen molar-refractivity contribution in [3.8, 4) is 0 Å². The van der Waals surface area contributed by atoms with Gasteiger partial charge in [-0.1, -0.05) is 67.9 Å². The Morgan fingerprint density at radius 1 is 0.929 bits per heavy atom. The summed E-state index contributed by atoms with van der Waals surface area (Å²) in [5.74, 6) is -0.107. The highest BCUT2D eigenvalue weighted by Gasteiger charge is 2.46. The quantitative estimate of drug-likeness (QED) is 0.775. The van der Waals surface area contributed by atoms with E-state index in [1.807, 2.05) is 49.4 Å². The number of fused-ring (bicyclic) bond motifs is 2. The fraction of sp³-hybridized carbons (Fsp3) is 0.280. The number of hydrogen-bond acceptors (Lipinski definition) is 3. The Labute approximate surface area is 165 Å². The van der Waals surface area contributed by atoms with Gasteiger partial charge in [0.05, 0.1) is 5.70 Å². The first-order valence-electron chi connectivity index (χ1n) is 9.84. The molecule has 0 unspecified atom stereocenters. The highest BCUT2D eigenvalue weighted by Crippen LogP contribution is 2.51. The van der Waals surface area contributed by atoms with Crippen LogP contribution in [0, 0.1) is 12.3 Å². The molecule has 2 aromatic carbocycles. The molecule has 3 aliphatic rings. The minimum atomic E-state index is -0.297. The zero-order valence-corrected chi connectivity index (χ0v) is 16.4. The van der Waals surface area contributed by atoms with Gasteiger partial charge in [0.15, 0.2) is 11.6 Å². The fourth-order valence-electron chi connectivity index (χ4n) is 4.97. The largest absolute Gasteiger partial charge is 0.358 e. The van der Waals surface area contributed by atoms with Crippen LogP contribution >= 0.6 is 0 Å². The van der Waals surface area contributed by atoms with Crippen LogP contribution in [0.25, 0.3) is 5.70 Å². The fourth-order valence-corrected chi connectivity index (χ4v) is 4.97. The standard InChI is InChI=1S/C25H23NO2/c1-14-7-6-8-15(11-14)20-21-18(12-25(2,3)13-19(21)27)26-23-16-9-4-5-10-17(16)24(28)22(20)23/h4-11,20,26H,12-13H2,1-3H3/t20-/m1/s1. The Kier molecular flexibility index (Phi) is 3.54. The first-order valence-corrected chi connectivity index (χ1v) is 9.84. The average Bonchev–Trinajstić information content (AvgIpc) is 2.92. The number of carbonyl (C=O) groups is 2. The van der Waals surface area contributed by atoms with Crippen molar-refractivity contribution in [2.45, 2.75) is 39.5 Å². The maximum atomic E-state index is 13.4. The molecule has 0 saturated heterocycles. The van der Waals surface area contributed by atoms with Crippen LogP contribution in [0.15, 0.2) is 65.4 Å². The van der Waals surface area contributed by atoms with E-state index in [2.05, 4.69) is 25.2 Å². The molecule has 1 aliphatic heterocycles. The average molecular weight is 369 g/mol. The lowest BCUT2D eigenvalue weighted by Gasteiger charge is -2.39. The zero-order chi connectivity index (χ0) is 19.6. The van der Waals surface area contributed by atoms with Crippen molar-refractivity contribution in [2.75, 3.05) is 0 Å². The van der Waals surface area contributed by atoms with Gasteiger partial charge in [0.2, 0.25) is 0 Å². The van der Waals surface area contributed by atoms with Gasteiger partial charge in [0, 0.05) is 40.3 Å². The Morgan fingerprint density at radius 2 is 1.68 bits per heavy atom. The van der Waals surface area contributed by atoms with Crippen molar-refractivity contribution in [1.29, 1.82) is 0 Å². The molecule has 0 aromatic heterocycles. The second-order valence-corrected chi connectivity index (χ2v) is 8.97. The first kappa shape index (κ1) is 17.2. The van der Waals surface area contributed by atoms with E-state index in [1.54, 1.807) is 0 Å². The summed E-state index contributed by atoms with van der Waals surface area (Å²) in [4.78, 5) is 26.6. The minimum Gasteiger partial charge on any atom is -0.358 e. The van der Waals surface area contributed by atoms with Gasteiger partial charge in [-0.3, -0.25) is 9.59 Å². The van der Waals surface area contributed by atoms with Gasteiger partial charge in [0.25, 0.3) is 0 Å². The number of nitrogens with one attached hydrogen (secondary N) is 1. The normalized spacial score (nSPS) is 22.6. The van der Waals surface area contributed by atoms with Crippen LogP contribution in [-0.2, 0) is 4.79 Å². The third-order valence-electron chi connectivity index (χ3n) is 6.10. The number of aryl methyl sites for hydroxylation is 1. The van der Waals surface area contributed by atoms with Crippen LogP contribution in [0.2, 0.25) is 0 Å². The zero-order valence-electron chi connectivity index (χ0n) is 16.4. The summed E-state index contributed by atoms with van der Waals surface area (Å²) in [6, 6.07) is 16.0. The molecule has 0 saturated carbocycles. The maximum absolute atomic E-state index is 13.4.